The Hall–Kier alpha value is -4.75. The van der Waals surface area contributed by atoms with Crippen molar-refractivity contribution in [1.82, 2.24) is 15.1 Å². The molecule has 0 bridgehead atoms. The summed E-state index contributed by atoms with van der Waals surface area (Å²) in [7, 11) is 3.30. The Morgan fingerprint density at radius 1 is 1.08 bits per heavy atom. The number of aliphatic hydroxyl groups is 2. The summed E-state index contributed by atoms with van der Waals surface area (Å²) in [4.78, 5) is 56.1. The Balaban J connectivity index is 0.772. The first-order chi connectivity index (χ1) is 30.3. The number of carbonyl (C=O) groups excluding carboxylic acids is 4. The minimum absolute atomic E-state index is 0.0607. The second-order valence-electron chi connectivity index (χ2n) is 16.5. The van der Waals surface area contributed by atoms with E-state index in [4.69, 9.17) is 25.8 Å². The van der Waals surface area contributed by atoms with Gasteiger partial charge in [-0.25, -0.2) is 4.79 Å². The molecule has 6 N–H and O–H groups in total. The topological polar surface area (TPSA) is 199 Å². The molecule has 2 aromatic heterocycles. The molecule has 2 aliphatic heterocycles. The van der Waals surface area contributed by atoms with Crippen LogP contribution >= 0.6 is 34.3 Å². The summed E-state index contributed by atoms with van der Waals surface area (Å²) in [5.74, 6) is -0.628. The number of unbranched alkanes of at least 4 members (excludes halogenated alkanes) is 1. The second kappa shape index (κ2) is 20.4. The van der Waals surface area contributed by atoms with E-state index in [0.717, 1.165) is 38.8 Å². The lowest BCUT2D eigenvalue weighted by Crippen LogP contribution is -2.52. The molecule has 7 rings (SSSR count). The van der Waals surface area contributed by atoms with E-state index in [-0.39, 0.29) is 66.6 Å². The lowest BCUT2D eigenvalue weighted by Gasteiger charge is -2.51. The van der Waals surface area contributed by atoms with Gasteiger partial charge in [0.15, 0.2) is 12.4 Å². The average molecular weight is 925 g/mol. The third-order valence-corrected chi connectivity index (χ3v) is 14.5. The Kier molecular flexibility index (Phi) is 15.0. The SMILES string of the molecule is COc1cc(NC(=O)CCCCN(C)C(=O)CCN2CCC3(CC2)CC(OC(=O)C(O)(c2cccs2)c2cccs2)C3)c(Cl)cc1CNC[C@H](O)c1ccc(O)c2c1OCC(=O)N2. The van der Waals surface area contributed by atoms with Crippen molar-refractivity contribution < 1.29 is 48.7 Å². The third-order valence-electron chi connectivity index (χ3n) is 12.2. The van der Waals surface area contributed by atoms with Gasteiger partial charge in [0.2, 0.25) is 17.4 Å². The predicted molar refractivity (Wildman–Crippen MR) is 240 cm³/mol. The van der Waals surface area contributed by atoms with Crippen LogP contribution in [0.1, 0.15) is 78.4 Å². The number of nitrogens with one attached hydrogen (secondary N) is 3. The normalized spacial score (nSPS) is 16.6. The molecule has 1 saturated carbocycles. The highest BCUT2D eigenvalue weighted by molar-refractivity contribution is 7.12. The van der Waals surface area contributed by atoms with Gasteiger partial charge < -0.3 is 55.3 Å². The third kappa shape index (κ3) is 10.8. The summed E-state index contributed by atoms with van der Waals surface area (Å²) >= 11 is 9.24. The number of aromatic hydroxyl groups is 1. The van der Waals surface area contributed by atoms with Crippen LogP contribution in [0, 0.1) is 5.41 Å². The number of carbonyl (C=O) groups is 4. The van der Waals surface area contributed by atoms with Crippen molar-refractivity contribution in [3.8, 4) is 17.2 Å². The van der Waals surface area contributed by atoms with Gasteiger partial charge >= 0.3 is 5.97 Å². The molecule has 3 aliphatic rings. The van der Waals surface area contributed by atoms with Gasteiger partial charge in [0, 0.05) is 63.3 Å². The molecule has 4 aromatic rings. The molecule has 3 amide bonds. The number of anilines is 2. The van der Waals surface area contributed by atoms with Gasteiger partial charge in [-0.05, 0) is 98.1 Å². The first-order valence-corrected chi connectivity index (χ1v) is 23.2. The largest absolute Gasteiger partial charge is 0.506 e. The Labute approximate surface area is 379 Å². The Morgan fingerprint density at radius 3 is 2.46 bits per heavy atom. The molecule has 1 spiro atoms. The number of nitrogens with zero attached hydrogens (tertiary/aromatic N) is 2. The van der Waals surface area contributed by atoms with Gasteiger partial charge in [0.1, 0.15) is 23.3 Å². The van der Waals surface area contributed by atoms with E-state index in [1.807, 2.05) is 22.9 Å². The minimum Gasteiger partial charge on any atom is -0.506 e. The van der Waals surface area contributed by atoms with Crippen LogP contribution in [0.2, 0.25) is 5.02 Å². The van der Waals surface area contributed by atoms with Gasteiger partial charge in [-0.1, -0.05) is 23.7 Å². The first-order valence-electron chi connectivity index (χ1n) is 21.1. The quantitative estimate of drug-likeness (QED) is 0.0364. The molecular weight excluding hydrogens is 870 g/mol. The van der Waals surface area contributed by atoms with Gasteiger partial charge in [-0.15, -0.1) is 22.7 Å². The number of rotatable bonds is 19. The number of ether oxygens (including phenoxy) is 3. The molecule has 1 atom stereocenters. The summed E-state index contributed by atoms with van der Waals surface area (Å²) in [5.41, 5.74) is -0.0422. The van der Waals surface area contributed by atoms with E-state index in [1.165, 1.54) is 41.9 Å². The zero-order valence-electron chi connectivity index (χ0n) is 35.3. The van der Waals surface area contributed by atoms with Gasteiger partial charge in [0.25, 0.3) is 5.91 Å². The molecule has 338 valence electrons. The zero-order valence-corrected chi connectivity index (χ0v) is 37.7. The fraction of sp³-hybridized carbons (Fsp3) is 0.467. The van der Waals surface area contributed by atoms with E-state index in [2.05, 4.69) is 20.9 Å². The van der Waals surface area contributed by atoms with Crippen LogP contribution in [0.3, 0.4) is 0 Å². The highest BCUT2D eigenvalue weighted by Crippen LogP contribution is 2.51. The molecule has 1 saturated heterocycles. The summed E-state index contributed by atoms with van der Waals surface area (Å²) in [6.07, 6.45) is 4.17. The van der Waals surface area contributed by atoms with Crippen LogP contribution in [0.15, 0.2) is 59.3 Å². The average Bonchev–Trinajstić information content (AvgIpc) is 4.02. The number of fused-ring (bicyclic) bond motifs is 1. The minimum atomic E-state index is -1.80. The lowest BCUT2D eigenvalue weighted by molar-refractivity contribution is -0.181. The van der Waals surface area contributed by atoms with Crippen molar-refractivity contribution in [3.05, 3.63) is 85.2 Å². The number of esters is 1. The molecule has 18 heteroatoms. The lowest BCUT2D eigenvalue weighted by atomic mass is 9.61. The van der Waals surface area contributed by atoms with Crippen molar-refractivity contribution in [2.45, 2.75) is 75.7 Å². The van der Waals surface area contributed by atoms with Crippen molar-refractivity contribution in [3.63, 3.8) is 0 Å². The number of piperidine rings is 1. The Morgan fingerprint density at radius 2 is 1.79 bits per heavy atom. The molecule has 2 fully saturated rings. The number of methoxy groups -OCH3 is 1. The van der Waals surface area contributed by atoms with Crippen LogP contribution < -0.4 is 25.4 Å². The smallest absolute Gasteiger partial charge is 0.349 e. The van der Waals surface area contributed by atoms with Crippen molar-refractivity contribution >= 4 is 69.3 Å². The van der Waals surface area contributed by atoms with E-state index in [9.17, 15) is 34.5 Å². The highest BCUT2D eigenvalue weighted by atomic mass is 35.5. The number of benzene rings is 2. The molecule has 0 unspecified atom stereocenters. The summed E-state index contributed by atoms with van der Waals surface area (Å²) in [5, 5.41) is 45.1. The number of aliphatic hydroxyl groups excluding tert-OH is 1. The number of phenols is 1. The standard InChI is InChI=1S/C45H54ClN5O10S2/c1-50(40(56)12-16-51-17-13-44(14-18-51)23-29(24-44)61-43(57)45(58,36-7-5-19-62-36)37-8-6-20-63-37)15-4-3-9-38(54)48-32-22-35(59-2)28(21-31(32)46)25-47-26-34(53)30-10-11-33(52)41-42(30)60-27-39(55)49-41/h5-8,10-11,19-22,29,34,47,52-53,58H,3-4,9,12-18,23-27H2,1-2H3,(H,48,54)(H,49,55)/t34-/m0/s1. The van der Waals surface area contributed by atoms with Gasteiger partial charge in [-0.3, -0.25) is 14.4 Å². The van der Waals surface area contributed by atoms with E-state index in [1.54, 1.807) is 36.2 Å². The summed E-state index contributed by atoms with van der Waals surface area (Å²) in [6.45, 7) is 3.13. The maximum atomic E-state index is 13.4. The molecule has 2 aromatic carbocycles. The van der Waals surface area contributed by atoms with Crippen LogP contribution in [-0.4, -0.2) is 108 Å². The second-order valence-corrected chi connectivity index (χ2v) is 18.8. The number of phenolic OH excluding ortho intramolecular Hbond substituents is 1. The summed E-state index contributed by atoms with van der Waals surface area (Å²) in [6, 6.07) is 13.4. The number of likely N-dealkylation sites (tertiary alicyclic amines) is 1. The van der Waals surface area contributed by atoms with Crippen LogP contribution in [0.4, 0.5) is 11.4 Å². The highest BCUT2D eigenvalue weighted by Gasteiger charge is 2.51. The molecule has 0 radical (unpaired) electrons. The number of hydrogen-bond acceptors (Lipinski definition) is 14. The summed E-state index contributed by atoms with van der Waals surface area (Å²) < 4.78 is 17.0. The maximum absolute atomic E-state index is 13.4. The number of amides is 3. The monoisotopic (exact) mass is 923 g/mol. The Bertz CT molecular complexity index is 2210. The molecule has 63 heavy (non-hydrogen) atoms. The van der Waals surface area contributed by atoms with E-state index < -0.39 is 23.6 Å². The van der Waals surface area contributed by atoms with Crippen LogP contribution in [0.25, 0.3) is 0 Å². The molecule has 1 aliphatic carbocycles. The predicted octanol–water partition coefficient (Wildman–Crippen LogP) is 6.01. The molecule has 15 nitrogen and oxygen atoms in total. The zero-order chi connectivity index (χ0) is 44.7. The number of hydrogen-bond donors (Lipinski definition) is 6. The number of halogens is 1. The van der Waals surface area contributed by atoms with Gasteiger partial charge in [-0.2, -0.15) is 0 Å². The van der Waals surface area contributed by atoms with Crippen molar-refractivity contribution in [2.24, 2.45) is 5.41 Å². The van der Waals surface area contributed by atoms with Crippen molar-refractivity contribution in [1.29, 1.82) is 0 Å². The van der Waals surface area contributed by atoms with Crippen molar-refractivity contribution in [2.75, 3.05) is 64.1 Å². The maximum Gasteiger partial charge on any atom is 0.349 e. The molecule has 4 heterocycles. The van der Waals surface area contributed by atoms with Crippen LogP contribution in [0.5, 0.6) is 17.2 Å². The number of thiophene rings is 2. The molecular formula is C45H54ClN5O10S2. The fourth-order valence-electron chi connectivity index (χ4n) is 8.51. The first kappa shape index (κ1) is 46.2. The van der Waals surface area contributed by atoms with Gasteiger partial charge in [0.05, 0.1) is 33.7 Å². The van der Waals surface area contributed by atoms with E-state index in [0.29, 0.717) is 69.7 Å². The van der Waals surface area contributed by atoms with Crippen LogP contribution in [-0.2, 0) is 36.1 Å². The van der Waals surface area contributed by atoms with E-state index >= 15 is 0 Å². The fourth-order valence-corrected chi connectivity index (χ4v) is 10.5.